The number of ether oxygens (including phenoxy) is 2. The van der Waals surface area contributed by atoms with Crippen molar-refractivity contribution < 1.29 is 18.7 Å². The highest BCUT2D eigenvalue weighted by Crippen LogP contribution is 2.21. The Morgan fingerprint density at radius 2 is 1.90 bits per heavy atom. The van der Waals surface area contributed by atoms with Gasteiger partial charge in [0.15, 0.2) is 11.6 Å². The van der Waals surface area contributed by atoms with Gasteiger partial charge in [-0.15, -0.1) is 0 Å². The first kappa shape index (κ1) is 20.1. The van der Waals surface area contributed by atoms with Crippen LogP contribution in [0, 0.1) is 5.82 Å². The molecule has 29 heavy (non-hydrogen) atoms. The Bertz CT molecular complexity index is 1040. The van der Waals surface area contributed by atoms with E-state index in [1.54, 1.807) is 19.1 Å². The Balaban J connectivity index is 1.65. The maximum atomic E-state index is 13.9. The molecule has 2 aromatic carbocycles. The second kappa shape index (κ2) is 9.50. The topological polar surface area (TPSA) is 82.5 Å². The lowest BCUT2D eigenvalue weighted by Crippen LogP contribution is -2.28. The lowest BCUT2D eigenvalue weighted by Gasteiger charge is -2.10. The van der Waals surface area contributed by atoms with E-state index in [2.05, 4.69) is 10.4 Å². The van der Waals surface area contributed by atoms with Crippen LogP contribution in [-0.4, -0.2) is 28.9 Å². The molecular formula is C21H20FN3O4. The Morgan fingerprint density at radius 1 is 1.10 bits per heavy atom. The average Bonchev–Trinajstić information content (AvgIpc) is 2.72. The summed E-state index contributed by atoms with van der Waals surface area (Å²) in [4.78, 5) is 24.4. The SMILES string of the molecule is CCOc1ccc(NC(=O)c2ccc(=O)n(CCOc3ccccc3)n2)cc1F. The quantitative estimate of drug-likeness (QED) is 0.632. The highest BCUT2D eigenvalue weighted by Gasteiger charge is 2.12. The van der Waals surface area contributed by atoms with Crippen LogP contribution in [0.5, 0.6) is 11.5 Å². The summed E-state index contributed by atoms with van der Waals surface area (Å²) in [6, 6.07) is 15.8. The van der Waals surface area contributed by atoms with E-state index in [9.17, 15) is 14.0 Å². The van der Waals surface area contributed by atoms with Crippen molar-refractivity contribution in [3.63, 3.8) is 0 Å². The minimum absolute atomic E-state index is 0.0265. The smallest absolute Gasteiger partial charge is 0.276 e. The van der Waals surface area contributed by atoms with Gasteiger partial charge in [0.2, 0.25) is 0 Å². The summed E-state index contributed by atoms with van der Waals surface area (Å²) in [5.41, 5.74) is -0.0770. The maximum Gasteiger partial charge on any atom is 0.276 e. The summed E-state index contributed by atoms with van der Waals surface area (Å²) in [7, 11) is 0. The molecule has 1 heterocycles. The number of benzene rings is 2. The molecule has 0 aliphatic rings. The maximum absolute atomic E-state index is 13.9. The van der Waals surface area contributed by atoms with Crippen molar-refractivity contribution in [1.82, 2.24) is 9.78 Å². The Labute approximate surface area is 166 Å². The molecule has 0 saturated heterocycles. The van der Waals surface area contributed by atoms with Crippen molar-refractivity contribution >= 4 is 11.6 Å². The van der Waals surface area contributed by atoms with Crippen LogP contribution in [0.2, 0.25) is 0 Å². The Hall–Kier alpha value is -3.68. The van der Waals surface area contributed by atoms with Gasteiger partial charge in [-0.2, -0.15) is 5.10 Å². The van der Waals surface area contributed by atoms with E-state index >= 15 is 0 Å². The molecule has 0 bridgehead atoms. The number of para-hydroxylation sites is 1. The van der Waals surface area contributed by atoms with Crippen LogP contribution in [0.1, 0.15) is 17.4 Å². The standard InChI is InChI=1S/C21H20FN3O4/c1-2-28-19-10-8-15(14-17(19)22)23-21(27)18-9-11-20(26)25(24-18)12-13-29-16-6-4-3-5-7-16/h3-11,14H,2,12-13H2,1H3,(H,23,27). The highest BCUT2D eigenvalue weighted by molar-refractivity contribution is 6.02. The third-order valence-electron chi connectivity index (χ3n) is 3.90. The molecule has 0 saturated carbocycles. The zero-order valence-electron chi connectivity index (χ0n) is 15.8. The molecule has 0 spiro atoms. The number of rotatable bonds is 8. The molecule has 3 aromatic rings. The van der Waals surface area contributed by atoms with Crippen LogP contribution in [-0.2, 0) is 6.54 Å². The molecule has 150 valence electrons. The first-order chi connectivity index (χ1) is 14.1. The van der Waals surface area contributed by atoms with Crippen LogP contribution in [0.15, 0.2) is 65.5 Å². The fraction of sp³-hybridized carbons (Fsp3) is 0.190. The zero-order chi connectivity index (χ0) is 20.6. The number of hydrogen-bond acceptors (Lipinski definition) is 5. The molecule has 0 atom stereocenters. The van der Waals surface area contributed by atoms with E-state index in [0.29, 0.717) is 12.4 Å². The molecule has 0 aliphatic heterocycles. The first-order valence-electron chi connectivity index (χ1n) is 9.06. The van der Waals surface area contributed by atoms with Gasteiger partial charge in [0.1, 0.15) is 18.1 Å². The molecular weight excluding hydrogens is 377 g/mol. The Kier molecular flexibility index (Phi) is 6.57. The van der Waals surface area contributed by atoms with Gasteiger partial charge in [-0.25, -0.2) is 9.07 Å². The minimum atomic E-state index is -0.583. The van der Waals surface area contributed by atoms with E-state index in [0.717, 1.165) is 10.7 Å². The minimum Gasteiger partial charge on any atom is -0.492 e. The number of hydrogen-bond donors (Lipinski definition) is 1. The van der Waals surface area contributed by atoms with E-state index in [1.807, 2.05) is 18.2 Å². The third kappa shape index (κ3) is 5.41. The predicted molar refractivity (Wildman–Crippen MR) is 106 cm³/mol. The summed E-state index contributed by atoms with van der Waals surface area (Å²) in [5, 5.41) is 6.62. The molecule has 0 unspecified atom stereocenters. The summed E-state index contributed by atoms with van der Waals surface area (Å²) in [5.74, 6) is -0.366. The van der Waals surface area contributed by atoms with E-state index in [1.165, 1.54) is 24.3 Å². The fourth-order valence-electron chi connectivity index (χ4n) is 2.54. The van der Waals surface area contributed by atoms with Gasteiger partial charge in [0.25, 0.3) is 11.5 Å². The summed E-state index contributed by atoms with van der Waals surface area (Å²) in [6.45, 7) is 2.47. The molecule has 1 N–H and O–H groups in total. The van der Waals surface area contributed by atoms with Gasteiger partial charge in [-0.1, -0.05) is 18.2 Å². The molecule has 7 nitrogen and oxygen atoms in total. The second-order valence-corrected chi connectivity index (χ2v) is 5.97. The van der Waals surface area contributed by atoms with Gasteiger partial charge in [-0.3, -0.25) is 9.59 Å². The number of carbonyl (C=O) groups is 1. The van der Waals surface area contributed by atoms with Crippen LogP contribution in [0.25, 0.3) is 0 Å². The number of amides is 1. The lowest BCUT2D eigenvalue weighted by atomic mass is 10.2. The highest BCUT2D eigenvalue weighted by atomic mass is 19.1. The fourth-order valence-corrected chi connectivity index (χ4v) is 2.54. The largest absolute Gasteiger partial charge is 0.492 e. The zero-order valence-corrected chi connectivity index (χ0v) is 15.8. The number of nitrogens with zero attached hydrogens (tertiary/aromatic N) is 2. The van der Waals surface area contributed by atoms with Crippen LogP contribution >= 0.6 is 0 Å². The van der Waals surface area contributed by atoms with Crippen molar-refractivity contribution in [2.75, 3.05) is 18.5 Å². The molecule has 8 heteroatoms. The summed E-state index contributed by atoms with van der Waals surface area (Å²) >= 11 is 0. The van der Waals surface area contributed by atoms with Gasteiger partial charge < -0.3 is 14.8 Å². The molecule has 1 amide bonds. The number of aromatic nitrogens is 2. The summed E-state index contributed by atoms with van der Waals surface area (Å²) < 4.78 is 25.8. The van der Waals surface area contributed by atoms with Gasteiger partial charge in [-0.05, 0) is 37.3 Å². The van der Waals surface area contributed by atoms with Crippen molar-refractivity contribution in [3.05, 3.63) is 82.5 Å². The van der Waals surface area contributed by atoms with Crippen molar-refractivity contribution in [1.29, 1.82) is 0 Å². The lowest BCUT2D eigenvalue weighted by molar-refractivity contribution is 0.101. The predicted octanol–water partition coefficient (Wildman–Crippen LogP) is 3.11. The average molecular weight is 397 g/mol. The second-order valence-electron chi connectivity index (χ2n) is 5.97. The number of anilines is 1. The molecule has 3 rings (SSSR count). The van der Waals surface area contributed by atoms with E-state index < -0.39 is 11.7 Å². The van der Waals surface area contributed by atoms with Crippen molar-refractivity contribution in [3.8, 4) is 11.5 Å². The van der Waals surface area contributed by atoms with Crippen molar-refractivity contribution in [2.45, 2.75) is 13.5 Å². The van der Waals surface area contributed by atoms with Crippen LogP contribution in [0.4, 0.5) is 10.1 Å². The number of carbonyl (C=O) groups excluding carboxylic acids is 1. The molecule has 0 radical (unpaired) electrons. The van der Waals surface area contributed by atoms with E-state index in [-0.39, 0.29) is 35.8 Å². The Morgan fingerprint density at radius 3 is 2.62 bits per heavy atom. The van der Waals surface area contributed by atoms with Crippen LogP contribution in [0.3, 0.4) is 0 Å². The monoisotopic (exact) mass is 397 g/mol. The van der Waals surface area contributed by atoms with Gasteiger partial charge in [0, 0.05) is 17.8 Å². The summed E-state index contributed by atoms with van der Waals surface area (Å²) in [6.07, 6.45) is 0. The van der Waals surface area contributed by atoms with Gasteiger partial charge >= 0.3 is 0 Å². The molecule has 1 aromatic heterocycles. The first-order valence-corrected chi connectivity index (χ1v) is 9.06. The molecule has 0 fully saturated rings. The van der Waals surface area contributed by atoms with Crippen molar-refractivity contribution in [2.24, 2.45) is 0 Å². The number of nitrogens with one attached hydrogen (secondary N) is 1. The third-order valence-corrected chi connectivity index (χ3v) is 3.90. The van der Waals surface area contributed by atoms with Crippen LogP contribution < -0.4 is 20.3 Å². The van der Waals surface area contributed by atoms with E-state index in [4.69, 9.17) is 9.47 Å². The normalized spacial score (nSPS) is 10.4. The molecule has 0 aliphatic carbocycles. The van der Waals surface area contributed by atoms with Gasteiger partial charge in [0.05, 0.1) is 13.2 Å². The number of halogens is 1.